The number of aromatic nitrogens is 2. The van der Waals surface area contributed by atoms with Crippen LogP contribution in [-0.4, -0.2) is 9.78 Å². The molecule has 0 atom stereocenters. The maximum Gasteiger partial charge on any atom is 0.279 e. The molecule has 3 nitrogen and oxygen atoms in total. The van der Waals surface area contributed by atoms with Crippen molar-refractivity contribution in [2.45, 2.75) is 19.8 Å². The van der Waals surface area contributed by atoms with Gasteiger partial charge in [0, 0.05) is 5.39 Å². The minimum atomic E-state index is -0.105. The van der Waals surface area contributed by atoms with Crippen LogP contribution in [0, 0.1) is 0 Å². The van der Waals surface area contributed by atoms with Gasteiger partial charge in [-0.15, -0.1) is 0 Å². The molecule has 0 aliphatic heterocycles. The van der Waals surface area contributed by atoms with E-state index in [9.17, 15) is 4.79 Å². The molecule has 21 heavy (non-hydrogen) atoms. The first-order chi connectivity index (χ1) is 10.1. The van der Waals surface area contributed by atoms with Gasteiger partial charge in [-0.2, -0.15) is 9.78 Å². The van der Waals surface area contributed by atoms with Gasteiger partial charge in [-0.05, 0) is 45.6 Å². The second-order valence-corrected chi connectivity index (χ2v) is 6.05. The van der Waals surface area contributed by atoms with Gasteiger partial charge in [0.2, 0.25) is 0 Å². The van der Waals surface area contributed by atoms with E-state index < -0.39 is 0 Å². The van der Waals surface area contributed by atoms with Gasteiger partial charge in [-0.3, -0.25) is 4.79 Å². The Bertz CT molecular complexity index is 851. The zero-order valence-electron chi connectivity index (χ0n) is 11.9. The van der Waals surface area contributed by atoms with Gasteiger partial charge in [0.1, 0.15) is 4.60 Å². The van der Waals surface area contributed by atoms with Crippen LogP contribution in [0.1, 0.15) is 25.3 Å². The molecule has 0 unspecified atom stereocenters. The normalized spacial score (nSPS) is 11.2. The maximum absolute atomic E-state index is 12.6. The summed E-state index contributed by atoms with van der Waals surface area (Å²) >= 11 is 3.45. The molecule has 106 valence electrons. The van der Waals surface area contributed by atoms with Crippen molar-refractivity contribution in [3.63, 3.8) is 0 Å². The van der Waals surface area contributed by atoms with E-state index in [2.05, 4.69) is 34.9 Å². The van der Waals surface area contributed by atoms with Crippen LogP contribution in [0.25, 0.3) is 16.5 Å². The van der Waals surface area contributed by atoms with Crippen LogP contribution in [0.3, 0.4) is 0 Å². The van der Waals surface area contributed by atoms with Crippen molar-refractivity contribution < 1.29 is 0 Å². The highest BCUT2D eigenvalue weighted by molar-refractivity contribution is 9.10. The summed E-state index contributed by atoms with van der Waals surface area (Å²) in [6, 6.07) is 15.4. The van der Waals surface area contributed by atoms with E-state index in [4.69, 9.17) is 0 Å². The highest BCUT2D eigenvalue weighted by Gasteiger charge is 2.10. The fourth-order valence-corrected chi connectivity index (χ4v) is 2.83. The Kier molecular flexibility index (Phi) is 3.64. The molecule has 0 saturated carbocycles. The zero-order valence-corrected chi connectivity index (χ0v) is 13.5. The predicted molar refractivity (Wildman–Crippen MR) is 89.1 cm³/mol. The van der Waals surface area contributed by atoms with E-state index in [0.717, 1.165) is 11.1 Å². The van der Waals surface area contributed by atoms with Gasteiger partial charge in [-0.1, -0.05) is 44.2 Å². The van der Waals surface area contributed by atoms with Crippen molar-refractivity contribution >= 4 is 26.7 Å². The molecule has 3 aromatic rings. The number of halogens is 1. The van der Waals surface area contributed by atoms with Crippen LogP contribution >= 0.6 is 15.9 Å². The molecule has 0 amide bonds. The number of rotatable bonds is 2. The highest BCUT2D eigenvalue weighted by Crippen LogP contribution is 2.20. The molecule has 3 rings (SSSR count). The molecule has 0 aliphatic rings. The second kappa shape index (κ2) is 5.45. The summed E-state index contributed by atoms with van der Waals surface area (Å²) in [5.74, 6) is 0.465. The van der Waals surface area contributed by atoms with E-state index in [1.54, 1.807) is 0 Å². The second-order valence-electron chi connectivity index (χ2n) is 5.30. The largest absolute Gasteiger partial charge is 0.279 e. The van der Waals surface area contributed by atoms with E-state index in [-0.39, 0.29) is 5.56 Å². The number of fused-ring (bicyclic) bond motifs is 1. The lowest BCUT2D eigenvalue weighted by atomic mass is 10.0. The predicted octanol–water partition coefficient (Wildman–Crippen LogP) is 4.27. The first-order valence-corrected chi connectivity index (χ1v) is 7.65. The molecule has 0 N–H and O–H groups in total. The Hall–Kier alpha value is -1.94. The monoisotopic (exact) mass is 342 g/mol. The Morgan fingerprint density at radius 1 is 1.00 bits per heavy atom. The molecule has 0 fully saturated rings. The van der Waals surface area contributed by atoms with Gasteiger partial charge < -0.3 is 0 Å². The Labute approximate surface area is 131 Å². The Balaban J connectivity index is 2.21. The van der Waals surface area contributed by atoms with Gasteiger partial charge in [0.25, 0.3) is 5.56 Å². The summed E-state index contributed by atoms with van der Waals surface area (Å²) in [5.41, 5.74) is 1.91. The van der Waals surface area contributed by atoms with Crippen molar-refractivity contribution in [3.8, 4) is 5.69 Å². The van der Waals surface area contributed by atoms with E-state index >= 15 is 0 Å². The van der Waals surface area contributed by atoms with Crippen molar-refractivity contribution in [1.82, 2.24) is 9.78 Å². The Morgan fingerprint density at radius 2 is 1.62 bits per heavy atom. The fraction of sp³-hybridized carbons (Fsp3) is 0.176. The maximum atomic E-state index is 12.6. The molecule has 1 aromatic heterocycles. The summed E-state index contributed by atoms with van der Waals surface area (Å²) in [6.07, 6.45) is 0. The smallest absolute Gasteiger partial charge is 0.267 e. The molecule has 0 aliphatic carbocycles. The molecule has 4 heteroatoms. The van der Waals surface area contributed by atoms with Crippen LogP contribution < -0.4 is 5.56 Å². The molecule has 0 radical (unpaired) electrons. The third-order valence-corrected chi connectivity index (χ3v) is 4.15. The van der Waals surface area contributed by atoms with Gasteiger partial charge in [0.15, 0.2) is 0 Å². The molecular weight excluding hydrogens is 328 g/mol. The van der Waals surface area contributed by atoms with Crippen LogP contribution in [0.15, 0.2) is 57.9 Å². The first-order valence-electron chi connectivity index (χ1n) is 6.86. The molecular formula is C17H15BrN2O. The minimum absolute atomic E-state index is 0.105. The van der Waals surface area contributed by atoms with Gasteiger partial charge in [0.05, 0.1) is 11.1 Å². The molecule has 0 spiro atoms. The molecule has 0 bridgehead atoms. The third-order valence-electron chi connectivity index (χ3n) is 3.56. The fourth-order valence-electron chi connectivity index (χ4n) is 2.33. The topological polar surface area (TPSA) is 34.9 Å². The summed E-state index contributed by atoms with van der Waals surface area (Å²) in [7, 11) is 0. The number of hydrogen-bond donors (Lipinski definition) is 0. The van der Waals surface area contributed by atoms with Gasteiger partial charge in [-0.25, -0.2) is 0 Å². The van der Waals surface area contributed by atoms with Crippen molar-refractivity contribution in [2.24, 2.45) is 0 Å². The van der Waals surface area contributed by atoms with Crippen molar-refractivity contribution in [2.75, 3.05) is 0 Å². The summed E-state index contributed by atoms with van der Waals surface area (Å²) in [6.45, 7) is 4.29. The average Bonchev–Trinajstić information content (AvgIpc) is 2.51. The summed E-state index contributed by atoms with van der Waals surface area (Å²) < 4.78 is 2.11. The lowest BCUT2D eigenvalue weighted by Crippen LogP contribution is -2.21. The summed E-state index contributed by atoms with van der Waals surface area (Å²) in [5, 5.41) is 5.86. The number of nitrogens with zero attached hydrogens (tertiary/aromatic N) is 2. The number of benzene rings is 2. The molecule has 1 heterocycles. The average molecular weight is 343 g/mol. The number of hydrogen-bond acceptors (Lipinski definition) is 2. The van der Waals surface area contributed by atoms with E-state index in [0.29, 0.717) is 15.9 Å². The first kappa shape index (κ1) is 14.0. The van der Waals surface area contributed by atoms with Crippen molar-refractivity contribution in [3.05, 3.63) is 69.1 Å². The highest BCUT2D eigenvalue weighted by atomic mass is 79.9. The quantitative estimate of drug-likeness (QED) is 0.696. The molecule has 2 aromatic carbocycles. The Morgan fingerprint density at radius 3 is 2.24 bits per heavy atom. The SMILES string of the molecule is CC(C)c1ccc(-n2nc(Br)c3ccccc3c2=O)cc1. The van der Waals surface area contributed by atoms with Crippen LogP contribution in [0.4, 0.5) is 0 Å². The van der Waals surface area contributed by atoms with Crippen LogP contribution in [0.2, 0.25) is 0 Å². The standard InChI is InChI=1S/C17H15BrN2O/c1-11(2)12-7-9-13(10-8-12)20-17(21)15-6-4-3-5-14(15)16(18)19-20/h3-11H,1-2H3. The zero-order chi connectivity index (χ0) is 15.0. The molecule has 0 saturated heterocycles. The lowest BCUT2D eigenvalue weighted by Gasteiger charge is -2.10. The van der Waals surface area contributed by atoms with E-state index in [1.807, 2.05) is 48.5 Å². The van der Waals surface area contributed by atoms with Crippen LogP contribution in [-0.2, 0) is 0 Å². The lowest BCUT2D eigenvalue weighted by molar-refractivity contribution is 0.804. The van der Waals surface area contributed by atoms with Gasteiger partial charge >= 0.3 is 0 Å². The van der Waals surface area contributed by atoms with Crippen LogP contribution in [0.5, 0.6) is 0 Å². The van der Waals surface area contributed by atoms with Crippen molar-refractivity contribution in [1.29, 1.82) is 0 Å². The van der Waals surface area contributed by atoms with E-state index in [1.165, 1.54) is 10.2 Å². The minimum Gasteiger partial charge on any atom is -0.267 e. The third kappa shape index (κ3) is 2.51. The summed E-state index contributed by atoms with van der Waals surface area (Å²) in [4.78, 5) is 12.6.